The summed E-state index contributed by atoms with van der Waals surface area (Å²) in [6, 6.07) is 8.47. The quantitative estimate of drug-likeness (QED) is 0.848. The zero-order chi connectivity index (χ0) is 16.3. The van der Waals surface area contributed by atoms with E-state index in [4.69, 9.17) is 10.00 Å². The van der Waals surface area contributed by atoms with Crippen LogP contribution in [0.4, 0.5) is 5.69 Å². The molecule has 0 bridgehead atoms. The number of carbonyl (C=O) groups excluding carboxylic acids is 2. The first-order valence-electron chi connectivity index (χ1n) is 7.44. The number of rotatable bonds is 5. The molecule has 3 atom stereocenters. The summed E-state index contributed by atoms with van der Waals surface area (Å²) < 4.78 is 5.14. The topological polar surface area (TPSA) is 79.2 Å². The standard InChI is InChI=1S/C17H20N2O3/c1-10(2)15(9-18)22-17(21)12-4-6-13(7-5-12)19-16(20)14-8-11(14)3/h4-7,10-11,14-15H,8H2,1-3H3,(H,19,20)/t11-,14-,15+/m1/s1. The molecule has 1 aliphatic carbocycles. The third-order valence-corrected chi connectivity index (χ3v) is 3.80. The predicted octanol–water partition coefficient (Wildman–Crippen LogP) is 2.99. The molecule has 116 valence electrons. The maximum Gasteiger partial charge on any atom is 0.339 e. The molecule has 0 aliphatic heterocycles. The smallest absolute Gasteiger partial charge is 0.339 e. The van der Waals surface area contributed by atoms with Gasteiger partial charge < -0.3 is 10.1 Å². The Labute approximate surface area is 130 Å². The first-order chi connectivity index (χ1) is 10.4. The number of hydrogen-bond donors (Lipinski definition) is 1. The molecule has 1 aliphatic rings. The van der Waals surface area contributed by atoms with E-state index in [0.29, 0.717) is 17.2 Å². The lowest BCUT2D eigenvalue weighted by atomic mass is 10.1. The molecule has 22 heavy (non-hydrogen) atoms. The predicted molar refractivity (Wildman–Crippen MR) is 82.0 cm³/mol. The number of esters is 1. The second-order valence-electron chi connectivity index (χ2n) is 6.09. The Kier molecular flexibility index (Phi) is 4.81. The highest BCUT2D eigenvalue weighted by Crippen LogP contribution is 2.38. The Morgan fingerprint density at radius 2 is 1.91 bits per heavy atom. The summed E-state index contributed by atoms with van der Waals surface area (Å²) in [6.45, 7) is 5.68. The van der Waals surface area contributed by atoms with Gasteiger partial charge >= 0.3 is 5.97 Å². The molecule has 1 fully saturated rings. The molecule has 0 heterocycles. The lowest BCUT2D eigenvalue weighted by Gasteiger charge is -2.14. The molecule has 1 aromatic carbocycles. The number of nitrogens with one attached hydrogen (secondary N) is 1. The fraction of sp³-hybridized carbons (Fsp3) is 0.471. The third-order valence-electron chi connectivity index (χ3n) is 3.80. The first-order valence-corrected chi connectivity index (χ1v) is 7.44. The Hall–Kier alpha value is -2.35. The van der Waals surface area contributed by atoms with Crippen molar-refractivity contribution < 1.29 is 14.3 Å². The van der Waals surface area contributed by atoms with Crippen LogP contribution in [0.15, 0.2) is 24.3 Å². The van der Waals surface area contributed by atoms with Gasteiger partial charge in [-0.25, -0.2) is 4.79 Å². The molecule has 1 amide bonds. The third kappa shape index (κ3) is 3.85. The van der Waals surface area contributed by atoms with Crippen molar-refractivity contribution in [3.63, 3.8) is 0 Å². The molecule has 1 N–H and O–H groups in total. The lowest BCUT2D eigenvalue weighted by molar-refractivity contribution is -0.117. The monoisotopic (exact) mass is 300 g/mol. The normalized spacial score (nSPS) is 20.9. The summed E-state index contributed by atoms with van der Waals surface area (Å²) in [5.74, 6) is -0.0190. The molecule has 2 rings (SSSR count). The van der Waals surface area contributed by atoms with Crippen LogP contribution in [0.2, 0.25) is 0 Å². The van der Waals surface area contributed by atoms with Gasteiger partial charge in [-0.1, -0.05) is 20.8 Å². The van der Waals surface area contributed by atoms with E-state index >= 15 is 0 Å². The van der Waals surface area contributed by atoms with E-state index in [0.717, 1.165) is 6.42 Å². The van der Waals surface area contributed by atoms with Gasteiger partial charge in [-0.15, -0.1) is 0 Å². The molecular formula is C17H20N2O3. The van der Waals surface area contributed by atoms with Crippen molar-refractivity contribution in [3.05, 3.63) is 29.8 Å². The van der Waals surface area contributed by atoms with Crippen LogP contribution in [0.5, 0.6) is 0 Å². The largest absolute Gasteiger partial charge is 0.443 e. The van der Waals surface area contributed by atoms with Gasteiger partial charge in [0.15, 0.2) is 6.10 Å². The van der Waals surface area contributed by atoms with Crippen molar-refractivity contribution in [1.29, 1.82) is 5.26 Å². The van der Waals surface area contributed by atoms with Gasteiger partial charge in [0.1, 0.15) is 6.07 Å². The van der Waals surface area contributed by atoms with Crippen molar-refractivity contribution in [3.8, 4) is 6.07 Å². The van der Waals surface area contributed by atoms with Gasteiger partial charge in [0.05, 0.1) is 5.56 Å². The van der Waals surface area contributed by atoms with Gasteiger partial charge in [-0.05, 0) is 36.6 Å². The molecule has 1 saturated carbocycles. The Balaban J connectivity index is 1.95. The average molecular weight is 300 g/mol. The van der Waals surface area contributed by atoms with Crippen molar-refractivity contribution in [2.24, 2.45) is 17.8 Å². The summed E-state index contributed by atoms with van der Waals surface area (Å²) in [4.78, 5) is 23.8. The SMILES string of the molecule is CC(C)[C@H](C#N)OC(=O)c1ccc(NC(=O)[C@@H]2C[C@H]2C)cc1. The Morgan fingerprint density at radius 1 is 1.32 bits per heavy atom. The molecule has 0 spiro atoms. The number of ether oxygens (including phenoxy) is 1. The van der Waals surface area contributed by atoms with Crippen molar-refractivity contribution in [1.82, 2.24) is 0 Å². The van der Waals surface area contributed by atoms with E-state index in [1.54, 1.807) is 24.3 Å². The van der Waals surface area contributed by atoms with Crippen LogP contribution in [-0.4, -0.2) is 18.0 Å². The van der Waals surface area contributed by atoms with Gasteiger partial charge in [0, 0.05) is 17.5 Å². The van der Waals surface area contributed by atoms with E-state index in [9.17, 15) is 9.59 Å². The number of benzene rings is 1. The summed E-state index contributed by atoms with van der Waals surface area (Å²) in [7, 11) is 0. The van der Waals surface area contributed by atoms with Crippen molar-refractivity contribution in [2.45, 2.75) is 33.3 Å². The van der Waals surface area contributed by atoms with Gasteiger partial charge in [0.25, 0.3) is 0 Å². The molecule has 0 unspecified atom stereocenters. The van der Waals surface area contributed by atoms with Crippen LogP contribution < -0.4 is 5.32 Å². The molecular weight excluding hydrogens is 280 g/mol. The summed E-state index contributed by atoms with van der Waals surface area (Å²) in [5, 5.41) is 11.8. The minimum absolute atomic E-state index is 0.0205. The van der Waals surface area contributed by atoms with Crippen LogP contribution in [0, 0.1) is 29.1 Å². The molecule has 5 nitrogen and oxygen atoms in total. The number of anilines is 1. The van der Waals surface area contributed by atoms with Crippen LogP contribution in [0.3, 0.4) is 0 Å². The van der Waals surface area contributed by atoms with E-state index in [2.05, 4.69) is 5.32 Å². The highest BCUT2D eigenvalue weighted by atomic mass is 16.5. The maximum atomic E-state index is 12.0. The minimum atomic E-state index is -0.761. The summed E-state index contributed by atoms with van der Waals surface area (Å²) >= 11 is 0. The van der Waals surface area contributed by atoms with E-state index in [-0.39, 0.29) is 17.7 Å². The minimum Gasteiger partial charge on any atom is -0.443 e. The number of nitrogens with zero attached hydrogens (tertiary/aromatic N) is 1. The number of carbonyl (C=O) groups is 2. The second-order valence-corrected chi connectivity index (χ2v) is 6.09. The van der Waals surface area contributed by atoms with E-state index in [1.165, 1.54) is 0 Å². The zero-order valence-electron chi connectivity index (χ0n) is 13.0. The van der Waals surface area contributed by atoms with Crippen LogP contribution in [0.25, 0.3) is 0 Å². The lowest BCUT2D eigenvalue weighted by Crippen LogP contribution is -2.22. The Morgan fingerprint density at radius 3 is 2.36 bits per heavy atom. The van der Waals surface area contributed by atoms with Crippen LogP contribution in [0.1, 0.15) is 37.6 Å². The van der Waals surface area contributed by atoms with Crippen LogP contribution in [-0.2, 0) is 9.53 Å². The number of amides is 1. The summed E-state index contributed by atoms with van der Waals surface area (Å²) in [6.07, 6.45) is 0.171. The molecule has 1 aromatic rings. The molecule has 0 aromatic heterocycles. The first kappa shape index (κ1) is 16.0. The van der Waals surface area contributed by atoms with Gasteiger partial charge in [-0.3, -0.25) is 4.79 Å². The van der Waals surface area contributed by atoms with Crippen LogP contribution >= 0.6 is 0 Å². The number of hydrogen-bond acceptors (Lipinski definition) is 4. The molecule has 0 radical (unpaired) electrons. The zero-order valence-corrected chi connectivity index (χ0v) is 13.0. The molecule has 5 heteroatoms. The van der Waals surface area contributed by atoms with Crippen molar-refractivity contribution >= 4 is 17.6 Å². The summed E-state index contributed by atoms with van der Waals surface area (Å²) in [5.41, 5.74) is 1.01. The Bertz CT molecular complexity index is 601. The van der Waals surface area contributed by atoms with Gasteiger partial charge in [-0.2, -0.15) is 5.26 Å². The van der Waals surface area contributed by atoms with E-state index in [1.807, 2.05) is 26.8 Å². The average Bonchev–Trinajstić information content (AvgIpc) is 3.22. The fourth-order valence-electron chi connectivity index (χ4n) is 2.11. The highest BCUT2D eigenvalue weighted by Gasteiger charge is 2.39. The number of nitriles is 1. The second kappa shape index (κ2) is 6.61. The van der Waals surface area contributed by atoms with Gasteiger partial charge in [0.2, 0.25) is 5.91 Å². The molecule has 0 saturated heterocycles. The maximum absolute atomic E-state index is 12.0. The highest BCUT2D eigenvalue weighted by molar-refractivity contribution is 5.95. The van der Waals surface area contributed by atoms with E-state index < -0.39 is 12.1 Å². The van der Waals surface area contributed by atoms with Crippen molar-refractivity contribution in [2.75, 3.05) is 5.32 Å². The fourth-order valence-corrected chi connectivity index (χ4v) is 2.11.